The second kappa shape index (κ2) is 6.35. The molecule has 0 aromatic carbocycles. The average Bonchev–Trinajstić information content (AvgIpc) is 2.23. The number of carbonyl (C=O) groups excluding carboxylic acids is 1. The predicted octanol–water partition coefficient (Wildman–Crippen LogP) is -0.0746. The summed E-state index contributed by atoms with van der Waals surface area (Å²) in [5.41, 5.74) is 0. The van der Waals surface area contributed by atoms with Gasteiger partial charge in [0.1, 0.15) is 9.84 Å². The second-order valence-electron chi connectivity index (χ2n) is 4.91. The van der Waals surface area contributed by atoms with E-state index in [4.69, 9.17) is 0 Å². The predicted molar refractivity (Wildman–Crippen MR) is 67.5 cm³/mol. The Bertz CT molecular complexity index is 354. The smallest absolute Gasteiger partial charge is 0.237 e. The van der Waals surface area contributed by atoms with E-state index in [0.717, 1.165) is 19.4 Å². The third-order valence-electron chi connectivity index (χ3n) is 2.97. The van der Waals surface area contributed by atoms with Crippen LogP contribution < -0.4 is 10.6 Å². The molecule has 0 spiro atoms. The summed E-state index contributed by atoms with van der Waals surface area (Å²) in [5.74, 6) is 0.690. The van der Waals surface area contributed by atoms with E-state index in [1.54, 1.807) is 0 Å². The fourth-order valence-corrected chi connectivity index (χ4v) is 2.65. The summed E-state index contributed by atoms with van der Waals surface area (Å²) in [4.78, 5) is 11.7. The van der Waals surface area contributed by atoms with Crippen molar-refractivity contribution in [3.8, 4) is 0 Å². The van der Waals surface area contributed by atoms with Crippen LogP contribution in [0.1, 0.15) is 26.2 Å². The molecule has 0 aromatic heterocycles. The molecule has 1 rings (SSSR count). The van der Waals surface area contributed by atoms with Crippen LogP contribution in [0.4, 0.5) is 0 Å². The first kappa shape index (κ1) is 14.4. The average molecular weight is 262 g/mol. The number of carbonyl (C=O) groups is 1. The minimum Gasteiger partial charge on any atom is -0.355 e. The van der Waals surface area contributed by atoms with Crippen molar-refractivity contribution in [2.75, 3.05) is 25.1 Å². The summed E-state index contributed by atoms with van der Waals surface area (Å²) in [6.45, 7) is 3.45. The highest BCUT2D eigenvalue weighted by Crippen LogP contribution is 2.14. The quantitative estimate of drug-likeness (QED) is 0.680. The first-order valence-corrected chi connectivity index (χ1v) is 8.13. The zero-order valence-electron chi connectivity index (χ0n) is 10.5. The summed E-state index contributed by atoms with van der Waals surface area (Å²) in [7, 11) is -2.92. The normalized spacial score (nSPS) is 25.5. The van der Waals surface area contributed by atoms with E-state index in [-0.39, 0.29) is 17.7 Å². The fourth-order valence-electron chi connectivity index (χ4n) is 1.98. The summed E-state index contributed by atoms with van der Waals surface area (Å²) >= 11 is 0. The molecule has 17 heavy (non-hydrogen) atoms. The highest BCUT2D eigenvalue weighted by molar-refractivity contribution is 7.90. The Hall–Kier alpha value is -0.620. The molecule has 2 unspecified atom stereocenters. The molecule has 5 nitrogen and oxygen atoms in total. The van der Waals surface area contributed by atoms with Gasteiger partial charge in [-0.05, 0) is 31.7 Å². The van der Waals surface area contributed by atoms with E-state index in [1.807, 2.05) is 0 Å². The van der Waals surface area contributed by atoms with Crippen LogP contribution in [0, 0.1) is 5.92 Å². The van der Waals surface area contributed by atoms with Crippen molar-refractivity contribution < 1.29 is 13.2 Å². The number of piperidine rings is 1. The van der Waals surface area contributed by atoms with Crippen molar-refractivity contribution in [3.63, 3.8) is 0 Å². The minimum absolute atomic E-state index is 0.00921. The van der Waals surface area contributed by atoms with Crippen LogP contribution in [0.5, 0.6) is 0 Å². The van der Waals surface area contributed by atoms with Crippen LogP contribution >= 0.6 is 0 Å². The molecule has 1 aliphatic heterocycles. The maximum absolute atomic E-state index is 11.7. The van der Waals surface area contributed by atoms with Gasteiger partial charge in [-0.25, -0.2) is 8.42 Å². The molecule has 100 valence electrons. The minimum atomic E-state index is -2.92. The van der Waals surface area contributed by atoms with Gasteiger partial charge in [0.25, 0.3) is 0 Å². The zero-order chi connectivity index (χ0) is 12.9. The van der Waals surface area contributed by atoms with E-state index in [9.17, 15) is 13.2 Å². The van der Waals surface area contributed by atoms with E-state index in [0.29, 0.717) is 18.9 Å². The van der Waals surface area contributed by atoms with Crippen molar-refractivity contribution in [2.24, 2.45) is 5.92 Å². The van der Waals surface area contributed by atoms with Crippen LogP contribution in [-0.4, -0.2) is 45.5 Å². The van der Waals surface area contributed by atoms with Crippen molar-refractivity contribution in [3.05, 3.63) is 0 Å². The van der Waals surface area contributed by atoms with Gasteiger partial charge >= 0.3 is 0 Å². The van der Waals surface area contributed by atoms with E-state index in [2.05, 4.69) is 17.6 Å². The Morgan fingerprint density at radius 2 is 2.18 bits per heavy atom. The Labute approximate surface area is 103 Å². The van der Waals surface area contributed by atoms with Crippen LogP contribution in [0.25, 0.3) is 0 Å². The lowest BCUT2D eigenvalue weighted by Gasteiger charge is -2.27. The Morgan fingerprint density at radius 3 is 2.76 bits per heavy atom. The SMILES string of the molecule is CC1CCNC(C(=O)NCCCS(C)(=O)=O)C1. The molecule has 1 fully saturated rings. The Morgan fingerprint density at radius 1 is 1.47 bits per heavy atom. The lowest BCUT2D eigenvalue weighted by molar-refractivity contribution is -0.124. The van der Waals surface area contributed by atoms with Gasteiger partial charge < -0.3 is 10.6 Å². The molecule has 0 radical (unpaired) electrons. The first-order valence-electron chi connectivity index (χ1n) is 6.07. The van der Waals surface area contributed by atoms with E-state index < -0.39 is 9.84 Å². The summed E-state index contributed by atoms with van der Waals surface area (Å²) in [6.07, 6.45) is 3.65. The molecular formula is C11H22N2O3S. The molecule has 0 aromatic rings. The van der Waals surface area contributed by atoms with Crippen molar-refractivity contribution >= 4 is 15.7 Å². The molecule has 2 N–H and O–H groups in total. The number of hydrogen-bond donors (Lipinski definition) is 2. The molecular weight excluding hydrogens is 240 g/mol. The van der Waals surface area contributed by atoms with Gasteiger partial charge in [0.2, 0.25) is 5.91 Å². The lowest BCUT2D eigenvalue weighted by atomic mass is 9.94. The van der Waals surface area contributed by atoms with Gasteiger partial charge in [-0.2, -0.15) is 0 Å². The van der Waals surface area contributed by atoms with Crippen LogP contribution in [0.15, 0.2) is 0 Å². The maximum atomic E-state index is 11.7. The first-order chi connectivity index (χ1) is 7.88. The van der Waals surface area contributed by atoms with Gasteiger partial charge in [-0.1, -0.05) is 6.92 Å². The highest BCUT2D eigenvalue weighted by atomic mass is 32.2. The fraction of sp³-hybridized carbons (Fsp3) is 0.909. The third kappa shape index (κ3) is 6.02. The topological polar surface area (TPSA) is 75.3 Å². The standard InChI is InChI=1S/C11H22N2O3S/c1-9-4-6-12-10(8-9)11(14)13-5-3-7-17(2,15)16/h9-10,12H,3-8H2,1-2H3,(H,13,14). The monoisotopic (exact) mass is 262 g/mol. The summed E-state index contributed by atoms with van der Waals surface area (Å²) < 4.78 is 21.8. The largest absolute Gasteiger partial charge is 0.355 e. The van der Waals surface area contributed by atoms with Crippen LogP contribution in [0.3, 0.4) is 0 Å². The van der Waals surface area contributed by atoms with E-state index >= 15 is 0 Å². The molecule has 1 saturated heterocycles. The number of sulfone groups is 1. The zero-order valence-corrected chi connectivity index (χ0v) is 11.3. The number of amides is 1. The maximum Gasteiger partial charge on any atom is 0.237 e. The van der Waals surface area contributed by atoms with Crippen molar-refractivity contribution in [1.29, 1.82) is 0 Å². The lowest BCUT2D eigenvalue weighted by Crippen LogP contribution is -2.48. The van der Waals surface area contributed by atoms with Gasteiger partial charge in [-0.15, -0.1) is 0 Å². The van der Waals surface area contributed by atoms with Gasteiger partial charge in [0.05, 0.1) is 11.8 Å². The van der Waals surface area contributed by atoms with Crippen molar-refractivity contribution in [2.45, 2.75) is 32.2 Å². The second-order valence-corrected chi connectivity index (χ2v) is 7.17. The molecule has 6 heteroatoms. The molecule has 2 atom stereocenters. The number of hydrogen-bond acceptors (Lipinski definition) is 4. The molecule has 1 aliphatic rings. The highest BCUT2D eigenvalue weighted by Gasteiger charge is 2.23. The molecule has 0 aliphatic carbocycles. The van der Waals surface area contributed by atoms with Gasteiger partial charge in [0.15, 0.2) is 0 Å². The summed E-state index contributed by atoms with van der Waals surface area (Å²) in [6, 6.07) is -0.114. The number of rotatable bonds is 5. The van der Waals surface area contributed by atoms with Gasteiger partial charge in [-0.3, -0.25) is 4.79 Å². The molecule has 1 amide bonds. The molecule has 0 saturated carbocycles. The number of nitrogens with one attached hydrogen (secondary N) is 2. The van der Waals surface area contributed by atoms with Crippen molar-refractivity contribution in [1.82, 2.24) is 10.6 Å². The molecule has 1 heterocycles. The van der Waals surface area contributed by atoms with Crippen LogP contribution in [0.2, 0.25) is 0 Å². The Balaban J connectivity index is 2.20. The third-order valence-corrected chi connectivity index (χ3v) is 4.00. The van der Waals surface area contributed by atoms with E-state index in [1.165, 1.54) is 6.26 Å². The molecule has 0 bridgehead atoms. The van der Waals surface area contributed by atoms with Crippen LogP contribution in [-0.2, 0) is 14.6 Å². The summed E-state index contributed by atoms with van der Waals surface area (Å²) in [5, 5.41) is 5.96. The Kier molecular flexibility index (Phi) is 5.39. The van der Waals surface area contributed by atoms with Gasteiger partial charge in [0, 0.05) is 12.8 Å².